The molecule has 8 heteroatoms. The number of methoxy groups -OCH3 is 3. The lowest BCUT2D eigenvalue weighted by molar-refractivity contribution is -0.137. The molecule has 0 radical (unpaired) electrons. The second-order valence-electron chi connectivity index (χ2n) is 8.40. The highest BCUT2D eigenvalue weighted by molar-refractivity contribution is 9.10. The Labute approximate surface area is 191 Å². The standard InChI is InChI=1S/C23H29BrN2O5/c1-5-13-11-26-9-8-23(28)19-17(7-6-16(24)20(19)30-3)25-21(23)18(26)10-14(13)15(12-29-2)22(27)31-4/h6-7,12-14,18,28H,5,8-11H2,1-4H3/b15-12+/t13-,14+,18+,23+/m1/s1. The molecule has 3 heterocycles. The van der Waals surface area contributed by atoms with Gasteiger partial charge in [0.05, 0.1) is 60.6 Å². The van der Waals surface area contributed by atoms with Gasteiger partial charge < -0.3 is 19.3 Å². The van der Waals surface area contributed by atoms with Gasteiger partial charge in [0.25, 0.3) is 0 Å². The average Bonchev–Trinajstić information content (AvgIpc) is 3.09. The lowest BCUT2D eigenvalue weighted by Gasteiger charge is -2.50. The van der Waals surface area contributed by atoms with Crippen LogP contribution >= 0.6 is 15.9 Å². The van der Waals surface area contributed by atoms with E-state index in [1.54, 1.807) is 14.2 Å². The van der Waals surface area contributed by atoms with Crippen LogP contribution in [-0.2, 0) is 19.9 Å². The Balaban J connectivity index is 1.74. The Kier molecular flexibility index (Phi) is 6.16. The number of benzene rings is 1. The van der Waals surface area contributed by atoms with Gasteiger partial charge in [0, 0.05) is 13.1 Å². The number of hydrogen-bond acceptors (Lipinski definition) is 7. The number of esters is 1. The van der Waals surface area contributed by atoms with Crippen LogP contribution in [-0.4, -0.2) is 62.1 Å². The molecule has 2 saturated heterocycles. The van der Waals surface area contributed by atoms with Crippen molar-refractivity contribution in [1.29, 1.82) is 0 Å². The summed E-state index contributed by atoms with van der Waals surface area (Å²) in [6.07, 6.45) is 3.67. The van der Waals surface area contributed by atoms with Crippen LogP contribution in [0.5, 0.6) is 5.75 Å². The van der Waals surface area contributed by atoms with Crippen molar-refractivity contribution < 1.29 is 24.1 Å². The minimum absolute atomic E-state index is 0.0407. The molecule has 1 aromatic rings. The Morgan fingerprint density at radius 1 is 1.39 bits per heavy atom. The summed E-state index contributed by atoms with van der Waals surface area (Å²) in [4.78, 5) is 19.8. The molecule has 0 saturated carbocycles. The number of carbonyl (C=O) groups is 1. The van der Waals surface area contributed by atoms with Crippen molar-refractivity contribution in [3.8, 4) is 5.75 Å². The maximum atomic E-state index is 12.5. The van der Waals surface area contributed by atoms with Crippen LogP contribution in [0.1, 0.15) is 31.7 Å². The fourth-order valence-corrected chi connectivity index (χ4v) is 5.99. The molecule has 3 aliphatic heterocycles. The lowest BCUT2D eigenvalue weighted by atomic mass is 9.70. The number of halogens is 1. The zero-order valence-electron chi connectivity index (χ0n) is 18.4. The van der Waals surface area contributed by atoms with E-state index in [0.29, 0.717) is 24.2 Å². The summed E-state index contributed by atoms with van der Waals surface area (Å²) in [6.45, 7) is 3.72. The first kappa shape index (κ1) is 22.3. The summed E-state index contributed by atoms with van der Waals surface area (Å²) in [6, 6.07) is 3.73. The molecule has 4 rings (SSSR count). The molecule has 3 aliphatic rings. The molecule has 1 aromatic carbocycles. The van der Waals surface area contributed by atoms with Crippen LogP contribution in [0, 0.1) is 11.8 Å². The van der Waals surface area contributed by atoms with Crippen LogP contribution in [0.2, 0.25) is 0 Å². The number of carbonyl (C=O) groups excluding carboxylic acids is 1. The van der Waals surface area contributed by atoms with Crippen molar-refractivity contribution in [1.82, 2.24) is 4.90 Å². The number of fused-ring (bicyclic) bond motifs is 5. The van der Waals surface area contributed by atoms with Crippen LogP contribution in [0.15, 0.2) is 33.4 Å². The van der Waals surface area contributed by atoms with Crippen LogP contribution in [0.3, 0.4) is 0 Å². The topological polar surface area (TPSA) is 80.6 Å². The van der Waals surface area contributed by atoms with Gasteiger partial charge in [0.2, 0.25) is 0 Å². The Bertz CT molecular complexity index is 946. The molecule has 2 fully saturated rings. The summed E-state index contributed by atoms with van der Waals surface area (Å²) in [5.41, 5.74) is 1.59. The number of aliphatic hydroxyl groups is 1. The van der Waals surface area contributed by atoms with Crippen LogP contribution < -0.4 is 4.74 Å². The summed E-state index contributed by atoms with van der Waals surface area (Å²) in [5, 5.41) is 11.9. The Morgan fingerprint density at radius 3 is 2.81 bits per heavy atom. The van der Waals surface area contributed by atoms with E-state index in [9.17, 15) is 9.90 Å². The normalized spacial score (nSPS) is 30.1. The predicted molar refractivity (Wildman–Crippen MR) is 121 cm³/mol. The van der Waals surface area contributed by atoms with Crippen molar-refractivity contribution in [2.24, 2.45) is 16.8 Å². The number of hydrogen-bond donors (Lipinski definition) is 1. The van der Waals surface area contributed by atoms with Gasteiger partial charge in [-0.25, -0.2) is 4.79 Å². The van der Waals surface area contributed by atoms with E-state index in [4.69, 9.17) is 19.2 Å². The summed E-state index contributed by atoms with van der Waals surface area (Å²) in [5.74, 6) is 0.504. The van der Waals surface area contributed by atoms with Crippen molar-refractivity contribution in [3.63, 3.8) is 0 Å². The second-order valence-corrected chi connectivity index (χ2v) is 9.26. The molecule has 168 valence electrons. The zero-order valence-corrected chi connectivity index (χ0v) is 19.9. The van der Waals surface area contributed by atoms with Gasteiger partial charge in [0.15, 0.2) is 0 Å². The summed E-state index contributed by atoms with van der Waals surface area (Å²) < 4.78 is 16.7. The summed E-state index contributed by atoms with van der Waals surface area (Å²) in [7, 11) is 4.54. The molecular weight excluding hydrogens is 464 g/mol. The number of piperidine rings is 2. The smallest absolute Gasteiger partial charge is 0.337 e. The van der Waals surface area contributed by atoms with E-state index in [1.165, 1.54) is 13.4 Å². The predicted octanol–water partition coefficient (Wildman–Crippen LogP) is 3.56. The first-order valence-corrected chi connectivity index (χ1v) is 11.4. The van der Waals surface area contributed by atoms with Gasteiger partial charge in [-0.1, -0.05) is 13.3 Å². The van der Waals surface area contributed by atoms with E-state index >= 15 is 0 Å². The van der Waals surface area contributed by atoms with Crippen molar-refractivity contribution in [3.05, 3.63) is 34.0 Å². The highest BCUT2D eigenvalue weighted by Gasteiger charge is 2.54. The van der Waals surface area contributed by atoms with E-state index in [1.807, 2.05) is 12.1 Å². The average molecular weight is 493 g/mol. The minimum Gasteiger partial charge on any atom is -0.504 e. The fourth-order valence-electron chi connectivity index (χ4n) is 5.49. The lowest BCUT2D eigenvalue weighted by Crippen LogP contribution is -2.60. The van der Waals surface area contributed by atoms with E-state index in [0.717, 1.165) is 40.9 Å². The van der Waals surface area contributed by atoms with Gasteiger partial charge in [-0.2, -0.15) is 0 Å². The highest BCUT2D eigenvalue weighted by Crippen LogP contribution is 2.53. The number of aliphatic imine (C=N–C) groups is 1. The van der Waals surface area contributed by atoms with Crippen LogP contribution in [0.25, 0.3) is 0 Å². The molecule has 1 N–H and O–H groups in total. The van der Waals surface area contributed by atoms with E-state index in [-0.39, 0.29) is 23.8 Å². The molecule has 31 heavy (non-hydrogen) atoms. The largest absolute Gasteiger partial charge is 0.504 e. The molecule has 7 nitrogen and oxygen atoms in total. The van der Waals surface area contributed by atoms with Crippen molar-refractivity contribution >= 4 is 33.3 Å². The second kappa shape index (κ2) is 8.56. The van der Waals surface area contributed by atoms with Crippen molar-refractivity contribution in [2.45, 2.75) is 37.8 Å². The fraction of sp³-hybridized carbons (Fsp3) is 0.565. The van der Waals surface area contributed by atoms with E-state index < -0.39 is 5.60 Å². The quantitative estimate of drug-likeness (QED) is 0.384. The maximum absolute atomic E-state index is 12.5. The number of rotatable bonds is 5. The third-order valence-corrected chi connectivity index (χ3v) is 7.62. The van der Waals surface area contributed by atoms with Crippen LogP contribution in [0.4, 0.5) is 5.69 Å². The Hall–Kier alpha value is -1.90. The maximum Gasteiger partial charge on any atom is 0.337 e. The van der Waals surface area contributed by atoms with Gasteiger partial charge in [-0.05, 0) is 52.7 Å². The molecule has 0 aliphatic carbocycles. The van der Waals surface area contributed by atoms with Crippen molar-refractivity contribution in [2.75, 3.05) is 34.4 Å². The van der Waals surface area contributed by atoms with E-state index in [2.05, 4.69) is 27.8 Å². The number of ether oxygens (including phenoxy) is 3. The van der Waals surface area contributed by atoms with Gasteiger partial charge in [0.1, 0.15) is 11.4 Å². The third kappa shape index (κ3) is 3.49. The van der Waals surface area contributed by atoms with Gasteiger partial charge >= 0.3 is 5.97 Å². The number of nitrogens with zero attached hydrogens (tertiary/aromatic N) is 2. The molecule has 0 amide bonds. The third-order valence-electron chi connectivity index (χ3n) is 6.99. The minimum atomic E-state index is -1.17. The zero-order chi connectivity index (χ0) is 22.3. The molecular formula is C23H29BrN2O5. The molecule has 0 spiro atoms. The molecule has 0 bridgehead atoms. The first-order chi connectivity index (χ1) is 14.9. The van der Waals surface area contributed by atoms with Gasteiger partial charge in [-0.15, -0.1) is 0 Å². The molecule has 0 unspecified atom stereocenters. The highest BCUT2D eigenvalue weighted by atomic mass is 79.9. The monoisotopic (exact) mass is 492 g/mol. The Morgan fingerprint density at radius 2 is 2.16 bits per heavy atom. The summed E-state index contributed by atoms with van der Waals surface area (Å²) >= 11 is 3.54. The molecule has 4 atom stereocenters. The van der Waals surface area contributed by atoms with Gasteiger partial charge in [-0.3, -0.25) is 9.89 Å². The SMILES string of the molecule is CC[C@@H]1CN2CC[C@@]3(O)C(=Nc4ccc(Br)c(OC)c43)[C@@H]2C[C@@H]1/C(=C\OC)C(=O)OC. The molecule has 0 aromatic heterocycles. The first-order valence-electron chi connectivity index (χ1n) is 10.6.